The van der Waals surface area contributed by atoms with Gasteiger partial charge in [-0.15, -0.1) is 0 Å². The molecule has 0 radical (unpaired) electrons. The number of aliphatic hydroxyl groups is 1. The van der Waals surface area contributed by atoms with Crippen molar-refractivity contribution in [2.45, 2.75) is 6.35 Å². The number of aliphatic hydroxyl groups excluding tert-OH is 1. The Bertz CT molecular complexity index is 433. The van der Waals surface area contributed by atoms with Crippen LogP contribution in [-0.2, 0) is 0 Å². The van der Waals surface area contributed by atoms with E-state index in [1.54, 1.807) is 6.20 Å². The van der Waals surface area contributed by atoms with Crippen LogP contribution in [0.4, 0.5) is 5.69 Å². The maximum atomic E-state index is 9.22. The highest BCUT2D eigenvalue weighted by atomic mass is 16.3. The lowest BCUT2D eigenvalue weighted by molar-refractivity contribution is 0.116. The average Bonchev–Trinajstić information content (AvgIpc) is 2.45. The molecule has 2 aromatic rings. The Kier molecular flexibility index (Phi) is 1.72. The van der Waals surface area contributed by atoms with Crippen LogP contribution in [0.3, 0.4) is 0 Å². The molecule has 4 heteroatoms. The number of benzene rings is 1. The number of rotatable bonds is 1. The summed E-state index contributed by atoms with van der Waals surface area (Å²) in [6, 6.07) is 7.53. The molecule has 0 amide bonds. The molecule has 0 fully saturated rings. The van der Waals surface area contributed by atoms with Crippen molar-refractivity contribution in [2.24, 2.45) is 5.73 Å². The first-order chi connectivity index (χ1) is 6.20. The standard InChI is InChI=1S/C9H11N3O/c10-7-5-12(9(11)13)8-4-2-1-3-6(7)8/h1-5,9,13H,10-11H2. The van der Waals surface area contributed by atoms with Gasteiger partial charge in [0, 0.05) is 11.6 Å². The van der Waals surface area contributed by atoms with Crippen LogP contribution in [0.25, 0.3) is 10.9 Å². The van der Waals surface area contributed by atoms with Crippen molar-refractivity contribution in [3.05, 3.63) is 30.5 Å². The fourth-order valence-electron chi connectivity index (χ4n) is 1.45. The summed E-state index contributed by atoms with van der Waals surface area (Å²) in [6.45, 7) is 0. The second kappa shape index (κ2) is 2.76. The Morgan fingerprint density at radius 3 is 2.69 bits per heavy atom. The summed E-state index contributed by atoms with van der Waals surface area (Å²) in [4.78, 5) is 0. The number of aromatic nitrogens is 1. The van der Waals surface area contributed by atoms with E-state index in [1.165, 1.54) is 4.57 Å². The van der Waals surface area contributed by atoms with E-state index in [0.717, 1.165) is 10.9 Å². The Hall–Kier alpha value is -1.52. The number of para-hydroxylation sites is 1. The molecule has 1 unspecified atom stereocenters. The van der Waals surface area contributed by atoms with Gasteiger partial charge in [-0.25, -0.2) is 0 Å². The number of fused-ring (bicyclic) bond motifs is 1. The quantitative estimate of drug-likeness (QED) is 0.559. The molecule has 0 spiro atoms. The molecule has 5 N–H and O–H groups in total. The van der Waals surface area contributed by atoms with E-state index in [-0.39, 0.29) is 0 Å². The van der Waals surface area contributed by atoms with Crippen molar-refractivity contribution in [1.82, 2.24) is 4.57 Å². The molecule has 1 aromatic heterocycles. The SMILES string of the molecule is Nc1cn(C(N)O)c2ccccc12. The van der Waals surface area contributed by atoms with Gasteiger partial charge in [-0.1, -0.05) is 18.2 Å². The molecule has 68 valence electrons. The predicted molar refractivity (Wildman–Crippen MR) is 51.8 cm³/mol. The lowest BCUT2D eigenvalue weighted by atomic mass is 10.2. The van der Waals surface area contributed by atoms with Gasteiger partial charge in [-0.2, -0.15) is 0 Å². The molecule has 0 bridgehead atoms. The number of nitrogens with zero attached hydrogens (tertiary/aromatic N) is 1. The van der Waals surface area contributed by atoms with Gasteiger partial charge >= 0.3 is 0 Å². The molecule has 0 saturated carbocycles. The Morgan fingerprint density at radius 2 is 2.00 bits per heavy atom. The van der Waals surface area contributed by atoms with Crippen molar-refractivity contribution in [3.63, 3.8) is 0 Å². The summed E-state index contributed by atoms with van der Waals surface area (Å²) >= 11 is 0. The van der Waals surface area contributed by atoms with Crippen LogP contribution < -0.4 is 11.5 Å². The third kappa shape index (κ3) is 1.16. The van der Waals surface area contributed by atoms with Crippen molar-refractivity contribution < 1.29 is 5.11 Å². The lowest BCUT2D eigenvalue weighted by Gasteiger charge is -2.06. The van der Waals surface area contributed by atoms with Gasteiger partial charge in [0.15, 0.2) is 6.35 Å². The van der Waals surface area contributed by atoms with Crippen molar-refractivity contribution in [2.75, 3.05) is 5.73 Å². The molecular formula is C9H11N3O. The first-order valence-electron chi connectivity index (χ1n) is 3.99. The predicted octanol–water partition coefficient (Wildman–Crippen LogP) is 0.631. The largest absolute Gasteiger partial charge is 0.397 e. The zero-order valence-electron chi connectivity index (χ0n) is 7.01. The highest BCUT2D eigenvalue weighted by molar-refractivity contribution is 5.91. The van der Waals surface area contributed by atoms with Crippen molar-refractivity contribution in [3.8, 4) is 0 Å². The fraction of sp³-hybridized carbons (Fsp3) is 0.111. The smallest absolute Gasteiger partial charge is 0.185 e. The molecule has 13 heavy (non-hydrogen) atoms. The van der Waals surface area contributed by atoms with E-state index >= 15 is 0 Å². The average molecular weight is 177 g/mol. The minimum Gasteiger partial charge on any atom is -0.397 e. The van der Waals surface area contributed by atoms with E-state index < -0.39 is 6.35 Å². The first kappa shape index (κ1) is 8.10. The Labute approximate surface area is 75.4 Å². The number of nitrogen functional groups attached to an aromatic ring is 1. The third-order valence-corrected chi connectivity index (χ3v) is 2.06. The van der Waals surface area contributed by atoms with Crippen molar-refractivity contribution >= 4 is 16.6 Å². The molecule has 0 aliphatic heterocycles. The summed E-state index contributed by atoms with van der Waals surface area (Å²) in [5, 5.41) is 10.1. The highest BCUT2D eigenvalue weighted by Gasteiger charge is 2.07. The van der Waals surface area contributed by atoms with Crippen LogP contribution in [-0.4, -0.2) is 9.67 Å². The van der Waals surface area contributed by atoms with E-state index in [9.17, 15) is 5.11 Å². The number of nitrogens with two attached hydrogens (primary N) is 2. The van der Waals surface area contributed by atoms with Gasteiger partial charge in [0.25, 0.3) is 0 Å². The van der Waals surface area contributed by atoms with Gasteiger partial charge in [-0.05, 0) is 6.07 Å². The van der Waals surface area contributed by atoms with Crippen LogP contribution >= 0.6 is 0 Å². The summed E-state index contributed by atoms with van der Waals surface area (Å²) in [5.74, 6) is 0. The molecule has 0 aliphatic rings. The van der Waals surface area contributed by atoms with Crippen LogP contribution in [0.15, 0.2) is 30.5 Å². The van der Waals surface area contributed by atoms with E-state index in [1.807, 2.05) is 24.3 Å². The summed E-state index contributed by atoms with van der Waals surface area (Å²) in [7, 11) is 0. The summed E-state index contributed by atoms with van der Waals surface area (Å²) in [6.07, 6.45) is 0.595. The zero-order valence-corrected chi connectivity index (χ0v) is 7.01. The van der Waals surface area contributed by atoms with E-state index in [2.05, 4.69) is 0 Å². The molecule has 0 saturated heterocycles. The normalized spacial score (nSPS) is 13.4. The molecule has 1 aromatic carbocycles. The zero-order chi connectivity index (χ0) is 9.42. The molecule has 4 nitrogen and oxygen atoms in total. The Morgan fingerprint density at radius 1 is 1.31 bits per heavy atom. The van der Waals surface area contributed by atoms with Crippen LogP contribution in [0.5, 0.6) is 0 Å². The monoisotopic (exact) mass is 177 g/mol. The Balaban J connectivity index is 2.78. The van der Waals surface area contributed by atoms with Crippen LogP contribution in [0.1, 0.15) is 6.35 Å². The number of anilines is 1. The fourth-order valence-corrected chi connectivity index (χ4v) is 1.45. The van der Waals surface area contributed by atoms with Gasteiger partial charge in [0.2, 0.25) is 0 Å². The maximum Gasteiger partial charge on any atom is 0.185 e. The second-order valence-corrected chi connectivity index (χ2v) is 2.92. The number of hydrogen-bond donors (Lipinski definition) is 3. The molecule has 1 atom stereocenters. The van der Waals surface area contributed by atoms with E-state index in [4.69, 9.17) is 11.5 Å². The van der Waals surface area contributed by atoms with E-state index in [0.29, 0.717) is 5.69 Å². The second-order valence-electron chi connectivity index (χ2n) is 2.92. The topological polar surface area (TPSA) is 77.2 Å². The highest BCUT2D eigenvalue weighted by Crippen LogP contribution is 2.23. The summed E-state index contributed by atoms with van der Waals surface area (Å²) in [5.41, 5.74) is 12.6. The number of hydrogen-bond acceptors (Lipinski definition) is 3. The third-order valence-electron chi connectivity index (χ3n) is 2.06. The van der Waals surface area contributed by atoms with Gasteiger partial charge < -0.3 is 15.4 Å². The molecule has 2 rings (SSSR count). The first-order valence-corrected chi connectivity index (χ1v) is 3.99. The van der Waals surface area contributed by atoms with Crippen LogP contribution in [0.2, 0.25) is 0 Å². The van der Waals surface area contributed by atoms with Crippen LogP contribution in [0, 0.1) is 0 Å². The molecule has 1 heterocycles. The minimum atomic E-state index is -1.04. The molecule has 0 aliphatic carbocycles. The van der Waals surface area contributed by atoms with Gasteiger partial charge in [0.1, 0.15) is 0 Å². The minimum absolute atomic E-state index is 0.625. The summed E-state index contributed by atoms with van der Waals surface area (Å²) < 4.78 is 1.53. The van der Waals surface area contributed by atoms with Crippen molar-refractivity contribution in [1.29, 1.82) is 0 Å². The lowest BCUT2D eigenvalue weighted by Crippen LogP contribution is -2.16. The maximum absolute atomic E-state index is 9.22. The van der Waals surface area contributed by atoms with Gasteiger partial charge in [0.05, 0.1) is 11.2 Å². The molecular weight excluding hydrogens is 166 g/mol. The van der Waals surface area contributed by atoms with Gasteiger partial charge in [-0.3, -0.25) is 5.73 Å².